The maximum Gasteiger partial charge on any atom is 0.398 e. The summed E-state index contributed by atoms with van der Waals surface area (Å²) in [4.78, 5) is 49.1. The Hall–Kier alpha value is -5.13. The van der Waals surface area contributed by atoms with Gasteiger partial charge >= 0.3 is 6.16 Å². The number of carbonyl (C=O) groups excluding carboxylic acids is 4. The van der Waals surface area contributed by atoms with Gasteiger partial charge in [-0.2, -0.15) is 0 Å². The van der Waals surface area contributed by atoms with Crippen molar-refractivity contribution in [2.75, 3.05) is 27.9 Å². The highest BCUT2D eigenvalue weighted by atomic mass is 19.1. The van der Waals surface area contributed by atoms with Gasteiger partial charge in [0.05, 0.1) is 20.3 Å². The van der Waals surface area contributed by atoms with Gasteiger partial charge in [-0.05, 0) is 42.3 Å². The molecule has 1 aliphatic carbocycles. The summed E-state index contributed by atoms with van der Waals surface area (Å²) in [7, 11) is 4.52. The molecule has 4 N–H and O–H groups in total. The van der Waals surface area contributed by atoms with Crippen LogP contribution in [0.3, 0.4) is 0 Å². The van der Waals surface area contributed by atoms with Crippen molar-refractivity contribution < 1.29 is 37.8 Å². The van der Waals surface area contributed by atoms with Crippen molar-refractivity contribution in [1.29, 1.82) is 0 Å². The van der Waals surface area contributed by atoms with Crippen LogP contribution in [0.1, 0.15) is 69.2 Å². The van der Waals surface area contributed by atoms with E-state index < -0.39 is 36.1 Å². The Labute approximate surface area is 288 Å². The molecule has 0 aliphatic heterocycles. The van der Waals surface area contributed by atoms with E-state index >= 15 is 0 Å². The molecule has 1 aliphatic rings. The van der Waals surface area contributed by atoms with Crippen LogP contribution in [0, 0.1) is 0 Å². The van der Waals surface area contributed by atoms with Gasteiger partial charge in [0, 0.05) is 25.1 Å². The van der Waals surface area contributed by atoms with Crippen LogP contribution >= 0.6 is 0 Å². The average Bonchev–Trinajstić information content (AvgIpc) is 3.09. The minimum Gasteiger partial charge on any atom is -0.497 e. The molecule has 4 amide bonds. The van der Waals surface area contributed by atoms with Gasteiger partial charge in [0.15, 0.2) is 6.61 Å². The summed E-state index contributed by atoms with van der Waals surface area (Å²) >= 11 is 0. The lowest BCUT2D eigenvalue weighted by molar-refractivity contribution is -0.129. The summed E-state index contributed by atoms with van der Waals surface area (Å²) in [6.07, 6.45) is 4.17. The number of carbonyl (C=O) groups is 4. The molecule has 1 fully saturated rings. The topological polar surface area (TPSA) is 144 Å². The molecule has 0 spiro atoms. The normalized spacial score (nSPS) is 13.1. The van der Waals surface area contributed by atoms with Gasteiger partial charge in [-0.15, -0.1) is 4.39 Å². The van der Waals surface area contributed by atoms with E-state index in [9.17, 15) is 23.6 Å². The van der Waals surface area contributed by atoms with E-state index in [4.69, 9.17) is 14.2 Å². The third-order valence-electron chi connectivity index (χ3n) is 7.54. The summed E-state index contributed by atoms with van der Waals surface area (Å²) < 4.78 is 29.6. The highest BCUT2D eigenvalue weighted by molar-refractivity contribution is 5.91. The molecule has 12 heteroatoms. The first-order valence-corrected chi connectivity index (χ1v) is 16.4. The van der Waals surface area contributed by atoms with Crippen molar-refractivity contribution in [1.82, 2.24) is 21.3 Å². The monoisotopic (exact) mass is 680 g/mol. The highest BCUT2D eigenvalue weighted by Gasteiger charge is 2.28. The summed E-state index contributed by atoms with van der Waals surface area (Å²) in [6.45, 7) is 5.32. The van der Waals surface area contributed by atoms with Crippen LogP contribution in [0.2, 0.25) is 0 Å². The number of hydrogen-bond acceptors (Lipinski definition) is 7. The smallest absolute Gasteiger partial charge is 0.398 e. The lowest BCUT2D eigenvalue weighted by atomic mass is 9.97. The van der Waals surface area contributed by atoms with Crippen LogP contribution in [0.4, 0.5) is 9.18 Å². The minimum absolute atomic E-state index is 0.0245. The fourth-order valence-corrected chi connectivity index (χ4v) is 4.47. The Morgan fingerprint density at radius 2 is 1.39 bits per heavy atom. The number of likely N-dealkylation sites (N-methyl/N-ethyl adjacent to an activating group) is 1. The molecule has 1 saturated carbocycles. The number of methoxy groups -OCH3 is 2. The van der Waals surface area contributed by atoms with Gasteiger partial charge in [-0.1, -0.05) is 82.0 Å². The second-order valence-electron chi connectivity index (χ2n) is 10.9. The van der Waals surface area contributed by atoms with Crippen LogP contribution in [-0.4, -0.2) is 63.8 Å². The summed E-state index contributed by atoms with van der Waals surface area (Å²) in [5, 5.41) is 9.98. The van der Waals surface area contributed by atoms with E-state index in [1.165, 1.54) is 53.9 Å². The van der Waals surface area contributed by atoms with Gasteiger partial charge in [-0.3, -0.25) is 14.4 Å². The molecule has 49 heavy (non-hydrogen) atoms. The number of benzene rings is 3. The van der Waals surface area contributed by atoms with Crippen LogP contribution < -0.4 is 35.5 Å². The maximum atomic E-state index is 13.4. The minimum atomic E-state index is -1.86. The van der Waals surface area contributed by atoms with Gasteiger partial charge in [0.1, 0.15) is 29.3 Å². The van der Waals surface area contributed by atoms with E-state index in [1.54, 1.807) is 72.8 Å². The molecule has 3 aromatic carbocycles. The Morgan fingerprint density at radius 1 is 0.776 bits per heavy atom. The number of amides is 4. The zero-order valence-corrected chi connectivity index (χ0v) is 29.1. The summed E-state index contributed by atoms with van der Waals surface area (Å²) in [6, 6.07) is 17.6. The number of nitrogens with one attached hydrogen (secondary N) is 4. The molecule has 3 unspecified atom stereocenters. The van der Waals surface area contributed by atoms with Crippen LogP contribution in [0.15, 0.2) is 72.8 Å². The first-order chi connectivity index (χ1) is 23.6. The third kappa shape index (κ3) is 13.5. The van der Waals surface area contributed by atoms with Crippen molar-refractivity contribution in [3.8, 4) is 17.2 Å². The zero-order chi connectivity index (χ0) is 36.2. The zero-order valence-electron chi connectivity index (χ0n) is 29.1. The van der Waals surface area contributed by atoms with E-state index in [0.717, 1.165) is 0 Å². The molecule has 4 rings (SSSR count). The second kappa shape index (κ2) is 21.7. The van der Waals surface area contributed by atoms with E-state index in [1.807, 2.05) is 19.2 Å². The van der Waals surface area contributed by atoms with E-state index in [0.29, 0.717) is 33.9 Å². The number of halogens is 1. The molecule has 0 saturated heterocycles. The van der Waals surface area contributed by atoms with Crippen LogP contribution in [0.25, 0.3) is 0 Å². The first-order valence-electron chi connectivity index (χ1n) is 16.4. The predicted octanol–water partition coefficient (Wildman–Crippen LogP) is 5.42. The van der Waals surface area contributed by atoms with Crippen molar-refractivity contribution >= 4 is 23.9 Å². The van der Waals surface area contributed by atoms with Gasteiger partial charge in [-0.25, -0.2) is 4.79 Å². The van der Waals surface area contributed by atoms with Crippen LogP contribution in [0.5, 0.6) is 17.2 Å². The van der Waals surface area contributed by atoms with Gasteiger partial charge in [0.25, 0.3) is 5.91 Å². The van der Waals surface area contributed by atoms with Crippen LogP contribution in [-0.2, 0) is 20.8 Å². The molecular weight excluding hydrogens is 631 g/mol. The fourth-order valence-electron chi connectivity index (χ4n) is 4.47. The second-order valence-corrected chi connectivity index (χ2v) is 10.9. The maximum absolute atomic E-state index is 13.4. The summed E-state index contributed by atoms with van der Waals surface area (Å²) in [5.74, 6) is -0.141. The molecule has 0 bridgehead atoms. The largest absolute Gasteiger partial charge is 0.497 e. The van der Waals surface area contributed by atoms with Crippen molar-refractivity contribution in [2.24, 2.45) is 0 Å². The lowest BCUT2D eigenvalue weighted by Gasteiger charge is -2.25. The predicted molar refractivity (Wildman–Crippen MR) is 187 cm³/mol. The number of hydrogen-bond donors (Lipinski definition) is 4. The van der Waals surface area contributed by atoms with E-state index in [-0.39, 0.29) is 18.9 Å². The standard InChI is InChI=1S/C31H35FN4O7.C4H8.C2H6/c1-19(34-30(39)25(35-31(32)40)16-20-8-6-5-7-9-20)29(38)36-28(24-15-14-23(41-3)17-26(24)42-4)21-10-12-22(13-11-21)43-18-27(37)33-2;1-2-4-3-1;1-2/h5-15,17,19,25,28H,16,18H2,1-4H3,(H,33,37)(H,34,39)(H,35,40)(H,36,38);1-4H2;1-2H3. The van der Waals surface area contributed by atoms with Gasteiger partial charge in [0.2, 0.25) is 11.8 Å². The quantitative estimate of drug-likeness (QED) is 0.132. The van der Waals surface area contributed by atoms with Crippen molar-refractivity contribution in [2.45, 2.75) is 71.0 Å². The number of ether oxygens (including phenoxy) is 3. The molecule has 3 aromatic rings. The SMILES string of the molecule is C1CCC1.CC.CNC(=O)COc1ccc(C(NC(=O)C(C)NC(=O)C(Cc2ccccc2)NC(=O)F)c2ccc(OC)cc2OC)cc1. The fraction of sp³-hybridized carbons (Fsp3) is 0.405. The first kappa shape index (κ1) is 40.0. The molecule has 11 nitrogen and oxygen atoms in total. The third-order valence-corrected chi connectivity index (χ3v) is 7.54. The van der Waals surface area contributed by atoms with E-state index in [2.05, 4.69) is 16.0 Å². The molecular formula is C37H49FN4O7. The van der Waals surface area contributed by atoms with Crippen molar-refractivity contribution in [3.05, 3.63) is 89.5 Å². The lowest BCUT2D eigenvalue weighted by Crippen LogP contribution is -2.53. The van der Waals surface area contributed by atoms with Crippen molar-refractivity contribution in [3.63, 3.8) is 0 Å². The summed E-state index contributed by atoms with van der Waals surface area (Å²) in [5.41, 5.74) is 1.94. The Morgan fingerprint density at radius 3 is 1.92 bits per heavy atom. The average molecular weight is 681 g/mol. The Bertz CT molecular complexity index is 1460. The molecule has 3 atom stereocenters. The number of rotatable bonds is 14. The molecule has 0 aromatic heterocycles. The Balaban J connectivity index is 0.00000127. The highest BCUT2D eigenvalue weighted by Crippen LogP contribution is 2.34. The molecule has 266 valence electrons. The molecule has 0 heterocycles. The molecule has 0 radical (unpaired) electrons. The van der Waals surface area contributed by atoms with Gasteiger partial charge < -0.3 is 35.5 Å². The Kier molecular flexibility index (Phi) is 17.7.